The van der Waals surface area contributed by atoms with Gasteiger partial charge in [0.15, 0.2) is 0 Å². The largest absolute Gasteiger partial charge is 0.0840 e. The number of aryl methyl sites for hydroxylation is 1. The Morgan fingerprint density at radius 1 is 1.05 bits per heavy atom. The van der Waals surface area contributed by atoms with Crippen molar-refractivity contribution in [1.82, 2.24) is 0 Å². The quantitative estimate of drug-likeness (QED) is 0.641. The van der Waals surface area contributed by atoms with Gasteiger partial charge in [-0.25, -0.2) is 0 Å². The molecule has 2 unspecified atom stereocenters. The van der Waals surface area contributed by atoms with Crippen molar-refractivity contribution in [2.24, 2.45) is 0 Å². The lowest BCUT2D eigenvalue weighted by molar-refractivity contribution is 0.545. The first-order valence-corrected chi connectivity index (χ1v) is 7.95. The van der Waals surface area contributed by atoms with E-state index in [0.717, 1.165) is 11.4 Å². The van der Waals surface area contributed by atoms with E-state index < -0.39 is 0 Å². The van der Waals surface area contributed by atoms with Gasteiger partial charge >= 0.3 is 0 Å². The molecule has 0 N–H and O–H groups in total. The fourth-order valence-corrected chi connectivity index (χ4v) is 3.74. The maximum absolute atomic E-state index is 6.40. The summed E-state index contributed by atoms with van der Waals surface area (Å²) in [5, 5.41) is 0.918. The van der Waals surface area contributed by atoms with Crippen LogP contribution in [0.4, 0.5) is 0 Å². The summed E-state index contributed by atoms with van der Waals surface area (Å²) in [6, 6.07) is 15.5. The van der Waals surface area contributed by atoms with Crippen molar-refractivity contribution in [3.8, 4) is 0 Å². The second kappa shape index (κ2) is 5.61. The Morgan fingerprint density at radius 2 is 1.80 bits per heavy atom. The van der Waals surface area contributed by atoms with Gasteiger partial charge in [-0.15, -0.1) is 0 Å². The Labute approximate surface area is 126 Å². The molecule has 0 amide bonds. The average molecular weight is 285 g/mol. The van der Waals surface area contributed by atoms with E-state index in [0.29, 0.717) is 11.8 Å². The highest BCUT2D eigenvalue weighted by Crippen LogP contribution is 2.42. The molecule has 0 saturated heterocycles. The van der Waals surface area contributed by atoms with E-state index in [1.54, 1.807) is 0 Å². The molecule has 0 aliphatic heterocycles. The highest BCUT2D eigenvalue weighted by Gasteiger charge is 2.25. The standard InChI is InChI=1S/C19H21Cl/c1-3-14-9-10-15(12-19(14)20)17-11-8-13(2)16-6-4-5-7-18(16)17/h4-7,9-10,12-13,17H,3,8,11H2,1-2H3. The van der Waals surface area contributed by atoms with Crippen LogP contribution >= 0.6 is 11.6 Å². The maximum atomic E-state index is 6.40. The minimum atomic E-state index is 0.505. The van der Waals surface area contributed by atoms with Crippen LogP contribution in [0.3, 0.4) is 0 Å². The van der Waals surface area contributed by atoms with Crippen molar-refractivity contribution in [1.29, 1.82) is 0 Å². The number of hydrogen-bond donors (Lipinski definition) is 0. The highest BCUT2D eigenvalue weighted by molar-refractivity contribution is 6.31. The van der Waals surface area contributed by atoms with Crippen molar-refractivity contribution < 1.29 is 0 Å². The predicted octanol–water partition coefficient (Wildman–Crippen LogP) is 5.93. The first-order chi connectivity index (χ1) is 9.70. The van der Waals surface area contributed by atoms with Crippen LogP contribution in [0.25, 0.3) is 0 Å². The van der Waals surface area contributed by atoms with Gasteiger partial charge in [0.1, 0.15) is 0 Å². The zero-order valence-corrected chi connectivity index (χ0v) is 13.0. The summed E-state index contributed by atoms with van der Waals surface area (Å²) in [4.78, 5) is 0. The average Bonchev–Trinajstić information content (AvgIpc) is 2.48. The van der Waals surface area contributed by atoms with Crippen LogP contribution in [0.1, 0.15) is 60.8 Å². The van der Waals surface area contributed by atoms with Crippen LogP contribution in [0.15, 0.2) is 42.5 Å². The number of benzene rings is 2. The van der Waals surface area contributed by atoms with Gasteiger partial charge in [-0.3, -0.25) is 0 Å². The van der Waals surface area contributed by atoms with E-state index in [1.807, 2.05) is 0 Å². The third kappa shape index (κ3) is 2.38. The molecule has 2 aromatic carbocycles. The molecule has 0 heterocycles. The zero-order valence-electron chi connectivity index (χ0n) is 12.2. The normalized spacial score (nSPS) is 21.6. The molecule has 1 aliphatic rings. The van der Waals surface area contributed by atoms with Crippen LogP contribution in [0, 0.1) is 0 Å². The Balaban J connectivity index is 2.03. The number of hydrogen-bond acceptors (Lipinski definition) is 0. The predicted molar refractivity (Wildman–Crippen MR) is 86.8 cm³/mol. The summed E-state index contributed by atoms with van der Waals surface area (Å²) in [5.74, 6) is 1.18. The SMILES string of the molecule is CCc1ccc(C2CCC(C)c3ccccc32)cc1Cl. The molecule has 0 aromatic heterocycles. The third-order valence-corrected chi connectivity index (χ3v) is 5.00. The van der Waals surface area contributed by atoms with Crippen LogP contribution in [-0.4, -0.2) is 0 Å². The summed E-state index contributed by atoms with van der Waals surface area (Å²) in [6.07, 6.45) is 3.48. The molecular weight excluding hydrogens is 264 g/mol. The van der Waals surface area contributed by atoms with Crippen LogP contribution in [-0.2, 0) is 6.42 Å². The van der Waals surface area contributed by atoms with Crippen molar-refractivity contribution in [2.45, 2.75) is 44.9 Å². The molecule has 1 aliphatic carbocycles. The lowest BCUT2D eigenvalue weighted by atomic mass is 9.74. The molecule has 2 atom stereocenters. The Morgan fingerprint density at radius 3 is 2.50 bits per heavy atom. The molecule has 104 valence electrons. The lowest BCUT2D eigenvalue weighted by Crippen LogP contribution is -2.13. The minimum absolute atomic E-state index is 0.505. The summed E-state index contributed by atoms with van der Waals surface area (Å²) in [6.45, 7) is 4.49. The fraction of sp³-hybridized carbons (Fsp3) is 0.368. The molecule has 0 saturated carbocycles. The summed E-state index contributed by atoms with van der Waals surface area (Å²) in [5.41, 5.74) is 5.62. The molecule has 2 aromatic rings. The van der Waals surface area contributed by atoms with Crippen molar-refractivity contribution in [3.05, 3.63) is 69.7 Å². The number of rotatable bonds is 2. The Hall–Kier alpha value is -1.27. The Kier molecular flexibility index (Phi) is 3.85. The topological polar surface area (TPSA) is 0 Å². The van der Waals surface area contributed by atoms with E-state index in [9.17, 15) is 0 Å². The van der Waals surface area contributed by atoms with Gasteiger partial charge in [-0.05, 0) is 53.5 Å². The summed E-state index contributed by atoms with van der Waals surface area (Å²) in [7, 11) is 0. The third-order valence-electron chi connectivity index (χ3n) is 4.65. The zero-order chi connectivity index (χ0) is 14.1. The van der Waals surface area contributed by atoms with E-state index >= 15 is 0 Å². The molecule has 20 heavy (non-hydrogen) atoms. The fourth-order valence-electron chi connectivity index (χ4n) is 3.42. The highest BCUT2D eigenvalue weighted by atomic mass is 35.5. The lowest BCUT2D eigenvalue weighted by Gasteiger charge is -2.30. The van der Waals surface area contributed by atoms with E-state index in [4.69, 9.17) is 11.6 Å². The molecule has 0 nitrogen and oxygen atoms in total. The smallest absolute Gasteiger partial charge is 0.0440 e. The van der Waals surface area contributed by atoms with E-state index in [-0.39, 0.29) is 0 Å². The van der Waals surface area contributed by atoms with Gasteiger partial charge in [0.2, 0.25) is 0 Å². The number of fused-ring (bicyclic) bond motifs is 1. The molecule has 0 radical (unpaired) electrons. The second-order valence-electron chi connectivity index (χ2n) is 5.86. The van der Waals surface area contributed by atoms with Crippen molar-refractivity contribution in [2.75, 3.05) is 0 Å². The minimum Gasteiger partial charge on any atom is -0.0840 e. The van der Waals surface area contributed by atoms with Gasteiger partial charge in [0.05, 0.1) is 0 Å². The Bertz CT molecular complexity index is 615. The molecule has 0 spiro atoms. The first-order valence-electron chi connectivity index (χ1n) is 7.57. The van der Waals surface area contributed by atoms with Gasteiger partial charge in [-0.2, -0.15) is 0 Å². The van der Waals surface area contributed by atoms with Crippen molar-refractivity contribution >= 4 is 11.6 Å². The molecule has 0 bridgehead atoms. The number of halogens is 1. The van der Waals surface area contributed by atoms with Gasteiger partial charge in [0, 0.05) is 10.9 Å². The van der Waals surface area contributed by atoms with Crippen molar-refractivity contribution in [3.63, 3.8) is 0 Å². The van der Waals surface area contributed by atoms with Crippen LogP contribution < -0.4 is 0 Å². The van der Waals surface area contributed by atoms with E-state index in [1.165, 1.54) is 35.1 Å². The second-order valence-corrected chi connectivity index (χ2v) is 6.27. The van der Waals surface area contributed by atoms with Crippen LogP contribution in [0.2, 0.25) is 5.02 Å². The van der Waals surface area contributed by atoms with Gasteiger partial charge in [-0.1, -0.05) is 61.8 Å². The molecule has 1 heteroatoms. The summed E-state index contributed by atoms with van der Waals surface area (Å²) >= 11 is 6.40. The van der Waals surface area contributed by atoms with Crippen LogP contribution in [0.5, 0.6) is 0 Å². The van der Waals surface area contributed by atoms with Gasteiger partial charge in [0.25, 0.3) is 0 Å². The molecule has 3 rings (SSSR count). The maximum Gasteiger partial charge on any atom is 0.0440 e. The molecule has 0 fully saturated rings. The monoisotopic (exact) mass is 284 g/mol. The van der Waals surface area contributed by atoms with Gasteiger partial charge < -0.3 is 0 Å². The summed E-state index contributed by atoms with van der Waals surface area (Å²) < 4.78 is 0. The first kappa shape index (κ1) is 13.7. The van der Waals surface area contributed by atoms with E-state index in [2.05, 4.69) is 56.3 Å². The molecular formula is C19H21Cl.